The Morgan fingerprint density at radius 1 is 1.14 bits per heavy atom. The highest BCUT2D eigenvalue weighted by atomic mass is 32.1. The van der Waals surface area contributed by atoms with E-state index in [1.165, 1.54) is 0 Å². The van der Waals surface area contributed by atoms with Crippen LogP contribution in [0.3, 0.4) is 0 Å². The molecule has 2 aromatic rings. The molecule has 1 aromatic heterocycles. The van der Waals surface area contributed by atoms with E-state index in [9.17, 15) is 9.59 Å². The first-order valence-electron chi connectivity index (χ1n) is 9.84. The summed E-state index contributed by atoms with van der Waals surface area (Å²) in [5.41, 5.74) is 2.26. The van der Waals surface area contributed by atoms with Gasteiger partial charge in [0.1, 0.15) is 24.9 Å². The first-order valence-corrected chi connectivity index (χ1v) is 10.7. The monoisotopic (exact) mass is 409 g/mol. The van der Waals surface area contributed by atoms with Gasteiger partial charge in [-0.05, 0) is 43.3 Å². The Hall–Kier alpha value is -2.73. The van der Waals surface area contributed by atoms with E-state index < -0.39 is 5.92 Å². The maximum Gasteiger partial charge on any atom is 0.315 e. The summed E-state index contributed by atoms with van der Waals surface area (Å²) in [6.45, 7) is 2.28. The normalized spacial score (nSPS) is 21.4. The number of carbonyl (C=O) groups is 2. The molecule has 1 aliphatic heterocycles. The highest BCUT2D eigenvalue weighted by Gasteiger charge is 2.43. The van der Waals surface area contributed by atoms with Gasteiger partial charge in [-0.3, -0.25) is 14.6 Å². The standard InChI is InChI=1S/C23H23NO4S/c1-15-20(23(26)28-13-12-27-16-7-3-2-4-8-16)22(19-11-6-14-29-19)21-17(24-15)9-5-10-18(21)25/h2-4,6-8,11,14,20,22H,5,9-10,12-13H2,1H3/t20?,22-/m1/s1. The number of rotatable bonds is 6. The maximum absolute atomic E-state index is 13.0. The van der Waals surface area contributed by atoms with Gasteiger partial charge < -0.3 is 9.47 Å². The van der Waals surface area contributed by atoms with Crippen LogP contribution in [0.15, 0.2) is 64.1 Å². The van der Waals surface area contributed by atoms with E-state index in [0.29, 0.717) is 17.7 Å². The Morgan fingerprint density at radius 3 is 2.72 bits per heavy atom. The van der Waals surface area contributed by atoms with Crippen molar-refractivity contribution in [2.24, 2.45) is 10.9 Å². The average Bonchev–Trinajstić information content (AvgIpc) is 3.25. The molecule has 2 atom stereocenters. The SMILES string of the molecule is CC1=NC2=C(C(=O)CCC2)[C@H](c2cccs2)C1C(=O)OCCOc1ccccc1. The van der Waals surface area contributed by atoms with Crippen molar-refractivity contribution < 1.29 is 19.1 Å². The molecular weight excluding hydrogens is 386 g/mol. The summed E-state index contributed by atoms with van der Waals surface area (Å²) in [6.07, 6.45) is 2.12. The highest BCUT2D eigenvalue weighted by molar-refractivity contribution is 7.10. The molecule has 2 aliphatic rings. The van der Waals surface area contributed by atoms with E-state index >= 15 is 0 Å². The molecule has 29 heavy (non-hydrogen) atoms. The third kappa shape index (κ3) is 4.17. The molecule has 0 radical (unpaired) electrons. The smallest absolute Gasteiger partial charge is 0.315 e. The Bertz CT molecular complexity index is 947. The van der Waals surface area contributed by atoms with Crippen LogP contribution in [0.4, 0.5) is 0 Å². The van der Waals surface area contributed by atoms with Crippen molar-refractivity contribution in [2.45, 2.75) is 32.1 Å². The number of ketones is 1. The minimum Gasteiger partial charge on any atom is -0.490 e. The lowest BCUT2D eigenvalue weighted by atomic mass is 9.74. The van der Waals surface area contributed by atoms with E-state index in [0.717, 1.165) is 29.2 Å². The number of hydrogen-bond acceptors (Lipinski definition) is 6. The molecule has 4 rings (SSSR count). The lowest BCUT2D eigenvalue weighted by Gasteiger charge is -2.33. The minimum atomic E-state index is -0.578. The predicted molar refractivity (Wildman–Crippen MR) is 112 cm³/mol. The van der Waals surface area contributed by atoms with Crippen molar-refractivity contribution in [3.8, 4) is 5.75 Å². The van der Waals surface area contributed by atoms with E-state index in [4.69, 9.17) is 9.47 Å². The van der Waals surface area contributed by atoms with Crippen molar-refractivity contribution in [1.82, 2.24) is 0 Å². The number of benzene rings is 1. The van der Waals surface area contributed by atoms with Gasteiger partial charge in [-0.25, -0.2) is 0 Å². The van der Waals surface area contributed by atoms with E-state index in [1.807, 2.05) is 54.8 Å². The second-order valence-corrected chi connectivity index (χ2v) is 8.17. The number of thiophene rings is 1. The molecule has 0 bridgehead atoms. The van der Waals surface area contributed by atoms with Gasteiger partial charge in [0.15, 0.2) is 5.78 Å². The zero-order valence-corrected chi connectivity index (χ0v) is 17.1. The Kier molecular flexibility index (Phi) is 5.90. The summed E-state index contributed by atoms with van der Waals surface area (Å²) in [6, 6.07) is 13.3. The summed E-state index contributed by atoms with van der Waals surface area (Å²) in [4.78, 5) is 31.4. The summed E-state index contributed by atoms with van der Waals surface area (Å²) >= 11 is 1.56. The molecule has 0 spiro atoms. The van der Waals surface area contributed by atoms with Crippen molar-refractivity contribution >= 4 is 28.8 Å². The summed E-state index contributed by atoms with van der Waals surface area (Å²) < 4.78 is 11.1. The molecule has 1 unspecified atom stereocenters. The molecule has 5 nitrogen and oxygen atoms in total. The van der Waals surface area contributed by atoms with Crippen molar-refractivity contribution in [3.05, 3.63) is 64.0 Å². The lowest BCUT2D eigenvalue weighted by Crippen LogP contribution is -2.37. The van der Waals surface area contributed by atoms with Crippen LogP contribution < -0.4 is 4.74 Å². The summed E-state index contributed by atoms with van der Waals surface area (Å²) in [5.74, 6) is -0.403. The van der Waals surface area contributed by atoms with Crippen molar-refractivity contribution in [2.75, 3.05) is 13.2 Å². The van der Waals surface area contributed by atoms with Gasteiger partial charge in [-0.1, -0.05) is 24.3 Å². The fourth-order valence-electron chi connectivity index (χ4n) is 4.00. The van der Waals surface area contributed by atoms with Crippen LogP contribution in [-0.2, 0) is 14.3 Å². The van der Waals surface area contributed by atoms with E-state index in [2.05, 4.69) is 4.99 Å². The number of aliphatic imine (C=N–C) groups is 1. The van der Waals surface area contributed by atoms with Gasteiger partial charge in [-0.2, -0.15) is 0 Å². The molecule has 2 heterocycles. The molecule has 1 aromatic carbocycles. The highest BCUT2D eigenvalue weighted by Crippen LogP contribution is 2.44. The number of hydrogen-bond donors (Lipinski definition) is 0. The number of esters is 1. The van der Waals surface area contributed by atoms with Crippen LogP contribution in [0.25, 0.3) is 0 Å². The molecule has 0 saturated heterocycles. The average molecular weight is 410 g/mol. The van der Waals surface area contributed by atoms with Crippen LogP contribution >= 0.6 is 11.3 Å². The van der Waals surface area contributed by atoms with Crippen molar-refractivity contribution in [3.63, 3.8) is 0 Å². The summed E-state index contributed by atoms with van der Waals surface area (Å²) in [5, 5.41) is 1.97. The third-order valence-electron chi connectivity index (χ3n) is 5.28. The number of allylic oxidation sites excluding steroid dienone is 2. The first-order chi connectivity index (χ1) is 14.1. The van der Waals surface area contributed by atoms with Gasteiger partial charge in [-0.15, -0.1) is 11.3 Å². The second-order valence-electron chi connectivity index (χ2n) is 7.19. The molecule has 0 N–H and O–H groups in total. The Morgan fingerprint density at radius 2 is 1.97 bits per heavy atom. The first kappa shape index (κ1) is 19.6. The Labute approximate surface area is 174 Å². The number of ether oxygens (including phenoxy) is 2. The molecule has 0 fully saturated rings. The van der Waals surface area contributed by atoms with Crippen molar-refractivity contribution in [1.29, 1.82) is 0 Å². The zero-order chi connectivity index (χ0) is 20.2. The Balaban J connectivity index is 1.50. The van der Waals surface area contributed by atoms with E-state index in [-0.39, 0.29) is 30.9 Å². The second kappa shape index (κ2) is 8.74. The topological polar surface area (TPSA) is 65.0 Å². The number of Topliss-reactive ketones (excluding diaryl/α,β-unsaturated/α-hetero) is 1. The van der Waals surface area contributed by atoms with Crippen LogP contribution in [-0.4, -0.2) is 30.7 Å². The van der Waals surface area contributed by atoms with Crippen LogP contribution in [0.1, 0.15) is 37.0 Å². The largest absolute Gasteiger partial charge is 0.490 e. The van der Waals surface area contributed by atoms with E-state index in [1.54, 1.807) is 11.3 Å². The van der Waals surface area contributed by atoms with Gasteiger partial charge >= 0.3 is 5.97 Å². The third-order valence-corrected chi connectivity index (χ3v) is 6.23. The van der Waals surface area contributed by atoms with Gasteiger partial charge in [0, 0.05) is 34.2 Å². The molecule has 0 saturated carbocycles. The summed E-state index contributed by atoms with van der Waals surface area (Å²) in [7, 11) is 0. The fourth-order valence-corrected chi connectivity index (χ4v) is 4.87. The molecule has 0 amide bonds. The fraction of sp³-hybridized carbons (Fsp3) is 0.348. The molecule has 6 heteroatoms. The minimum absolute atomic E-state index is 0.103. The van der Waals surface area contributed by atoms with Gasteiger partial charge in [0.2, 0.25) is 0 Å². The number of nitrogens with zero attached hydrogens (tertiary/aromatic N) is 1. The lowest BCUT2D eigenvalue weighted by molar-refractivity contribution is -0.147. The van der Waals surface area contributed by atoms with Crippen LogP contribution in [0.5, 0.6) is 5.75 Å². The van der Waals surface area contributed by atoms with Gasteiger partial charge in [0.05, 0.1) is 0 Å². The van der Waals surface area contributed by atoms with Gasteiger partial charge in [0.25, 0.3) is 0 Å². The number of para-hydroxylation sites is 1. The molecule has 1 aliphatic carbocycles. The van der Waals surface area contributed by atoms with Crippen LogP contribution in [0, 0.1) is 5.92 Å². The van der Waals surface area contributed by atoms with Crippen LogP contribution in [0.2, 0.25) is 0 Å². The quantitative estimate of drug-likeness (QED) is 0.519. The predicted octanol–water partition coefficient (Wildman–Crippen LogP) is 4.55. The zero-order valence-electron chi connectivity index (χ0n) is 16.3. The maximum atomic E-state index is 13.0. The molecule has 150 valence electrons. The molecular formula is C23H23NO4S. The number of carbonyl (C=O) groups excluding carboxylic acids is 2.